The summed E-state index contributed by atoms with van der Waals surface area (Å²) < 4.78 is 2.73. The van der Waals surface area contributed by atoms with Crippen LogP contribution in [0.5, 0.6) is 0 Å². The van der Waals surface area contributed by atoms with E-state index in [0.29, 0.717) is 0 Å². The number of thiophene rings is 2. The Kier molecular flexibility index (Phi) is 7.31. The Morgan fingerprint density at radius 2 is 1.03 bits per heavy atom. The highest BCUT2D eigenvalue weighted by Gasteiger charge is 2.06. The molecule has 0 atom stereocenters. The first-order valence-electron chi connectivity index (χ1n) is 12.5. The molecule has 2 nitrogen and oxygen atoms in total. The van der Waals surface area contributed by atoms with Crippen LogP contribution < -0.4 is 10.2 Å². The number of anilines is 2. The van der Waals surface area contributed by atoms with Gasteiger partial charge in [0, 0.05) is 51.7 Å². The molecule has 0 aliphatic carbocycles. The molecule has 0 saturated carbocycles. The standard InChI is InChI=1S/C17H17NS.C16H15NS/c1-12-4-5-14-11-17(19-16(14)10-12)13-6-8-15(9-7-13)18(2)3;1-11-3-4-13-10-16(18-15(13)9-11)12-5-7-14(17-2)8-6-12/h4-11H,1-3H3;3-10,17H,1-2H3. The number of nitrogens with one attached hydrogen (secondary N) is 1. The molecular weight excluding hydrogens is 489 g/mol. The zero-order valence-electron chi connectivity index (χ0n) is 22.0. The van der Waals surface area contributed by atoms with Gasteiger partial charge in [-0.2, -0.15) is 0 Å². The first-order valence-corrected chi connectivity index (χ1v) is 14.1. The van der Waals surface area contributed by atoms with E-state index in [1.807, 2.05) is 29.7 Å². The van der Waals surface area contributed by atoms with Gasteiger partial charge in [0.05, 0.1) is 0 Å². The average molecular weight is 521 g/mol. The normalized spacial score (nSPS) is 10.8. The molecule has 6 aromatic rings. The van der Waals surface area contributed by atoms with Crippen LogP contribution in [0.3, 0.4) is 0 Å². The molecule has 4 aromatic carbocycles. The van der Waals surface area contributed by atoms with Crippen molar-refractivity contribution < 1.29 is 0 Å². The zero-order chi connectivity index (χ0) is 25.9. The molecule has 2 heterocycles. The molecule has 0 amide bonds. The lowest BCUT2D eigenvalue weighted by atomic mass is 10.1. The van der Waals surface area contributed by atoms with Crippen molar-refractivity contribution >= 4 is 54.2 Å². The van der Waals surface area contributed by atoms with Crippen molar-refractivity contribution in [3.8, 4) is 20.9 Å². The number of benzene rings is 4. The monoisotopic (exact) mass is 520 g/mol. The van der Waals surface area contributed by atoms with Gasteiger partial charge in [0.25, 0.3) is 0 Å². The number of fused-ring (bicyclic) bond motifs is 2. The number of hydrogen-bond donors (Lipinski definition) is 1. The summed E-state index contributed by atoms with van der Waals surface area (Å²) in [6, 6.07) is 35.1. The summed E-state index contributed by atoms with van der Waals surface area (Å²) in [5.41, 5.74) is 7.61. The van der Waals surface area contributed by atoms with E-state index in [1.54, 1.807) is 0 Å². The second-order valence-electron chi connectivity index (χ2n) is 9.57. The van der Waals surface area contributed by atoms with Crippen molar-refractivity contribution in [3.05, 3.63) is 108 Å². The highest BCUT2D eigenvalue weighted by molar-refractivity contribution is 7.22. The summed E-state index contributed by atoms with van der Waals surface area (Å²) in [7, 11) is 6.08. The van der Waals surface area contributed by atoms with Crippen molar-refractivity contribution in [2.75, 3.05) is 31.4 Å². The van der Waals surface area contributed by atoms with Crippen molar-refractivity contribution in [3.63, 3.8) is 0 Å². The minimum atomic E-state index is 1.15. The molecule has 1 N–H and O–H groups in total. The smallest absolute Gasteiger partial charge is 0.0361 e. The van der Waals surface area contributed by atoms with E-state index in [2.05, 4.69) is 135 Å². The Hall–Kier alpha value is -3.60. The van der Waals surface area contributed by atoms with E-state index in [9.17, 15) is 0 Å². The second-order valence-corrected chi connectivity index (χ2v) is 11.7. The Bertz CT molecular complexity index is 1640. The van der Waals surface area contributed by atoms with Crippen LogP contribution in [0, 0.1) is 13.8 Å². The third kappa shape index (κ3) is 5.71. The fourth-order valence-corrected chi connectivity index (χ4v) is 6.62. The molecule has 0 bridgehead atoms. The van der Waals surface area contributed by atoms with E-state index < -0.39 is 0 Å². The number of rotatable bonds is 4. The van der Waals surface area contributed by atoms with Gasteiger partial charge < -0.3 is 10.2 Å². The minimum absolute atomic E-state index is 1.15. The molecule has 37 heavy (non-hydrogen) atoms. The van der Waals surface area contributed by atoms with E-state index in [-0.39, 0.29) is 0 Å². The third-order valence-corrected chi connectivity index (χ3v) is 8.77. The van der Waals surface area contributed by atoms with Gasteiger partial charge in [-0.3, -0.25) is 0 Å². The summed E-state index contributed by atoms with van der Waals surface area (Å²) in [5.74, 6) is 0. The van der Waals surface area contributed by atoms with Crippen molar-refractivity contribution in [1.82, 2.24) is 0 Å². The predicted octanol–water partition coefficient (Wildman–Crippen LogP) is 9.86. The Balaban J connectivity index is 0.000000152. The highest BCUT2D eigenvalue weighted by atomic mass is 32.1. The van der Waals surface area contributed by atoms with Gasteiger partial charge in [-0.05, 0) is 95.4 Å². The molecule has 0 radical (unpaired) electrons. The van der Waals surface area contributed by atoms with Crippen molar-refractivity contribution in [2.45, 2.75) is 13.8 Å². The average Bonchev–Trinajstić information content (AvgIpc) is 3.53. The lowest BCUT2D eigenvalue weighted by Gasteiger charge is -2.12. The Labute approximate surface area is 227 Å². The SMILES string of the molecule is CNc1ccc(-c2cc3ccc(C)cc3s2)cc1.Cc1ccc2cc(-c3ccc(N(C)C)cc3)sc2c1. The fraction of sp³-hybridized carbons (Fsp3) is 0.152. The first kappa shape index (κ1) is 25.1. The van der Waals surface area contributed by atoms with Gasteiger partial charge in [0.15, 0.2) is 0 Å². The van der Waals surface area contributed by atoms with Crippen LogP contribution in [0.25, 0.3) is 41.1 Å². The van der Waals surface area contributed by atoms with Crippen LogP contribution in [0.15, 0.2) is 97.1 Å². The van der Waals surface area contributed by atoms with E-state index in [4.69, 9.17) is 0 Å². The minimum Gasteiger partial charge on any atom is -0.388 e. The molecule has 4 heteroatoms. The van der Waals surface area contributed by atoms with E-state index in [0.717, 1.165) is 5.69 Å². The lowest BCUT2D eigenvalue weighted by Crippen LogP contribution is -2.07. The van der Waals surface area contributed by atoms with Crippen LogP contribution in [-0.2, 0) is 0 Å². The van der Waals surface area contributed by atoms with Gasteiger partial charge in [-0.1, -0.05) is 48.5 Å². The zero-order valence-corrected chi connectivity index (χ0v) is 23.6. The predicted molar refractivity (Wildman–Crippen MR) is 168 cm³/mol. The van der Waals surface area contributed by atoms with Crippen LogP contribution in [0.4, 0.5) is 11.4 Å². The van der Waals surface area contributed by atoms with E-state index >= 15 is 0 Å². The molecular formula is C33H32N2S2. The van der Waals surface area contributed by atoms with Gasteiger partial charge in [-0.15, -0.1) is 22.7 Å². The largest absolute Gasteiger partial charge is 0.388 e. The molecule has 0 aliphatic heterocycles. The van der Waals surface area contributed by atoms with Crippen LogP contribution in [-0.4, -0.2) is 21.1 Å². The summed E-state index contributed by atoms with van der Waals surface area (Å²) in [6.45, 7) is 4.28. The van der Waals surface area contributed by atoms with Crippen LogP contribution in [0.1, 0.15) is 11.1 Å². The molecule has 6 rings (SSSR count). The topological polar surface area (TPSA) is 15.3 Å². The van der Waals surface area contributed by atoms with Gasteiger partial charge in [0.2, 0.25) is 0 Å². The summed E-state index contributed by atoms with van der Waals surface area (Å²) in [4.78, 5) is 4.79. The summed E-state index contributed by atoms with van der Waals surface area (Å²) >= 11 is 3.72. The van der Waals surface area contributed by atoms with Crippen molar-refractivity contribution in [1.29, 1.82) is 0 Å². The molecule has 0 saturated heterocycles. The maximum absolute atomic E-state index is 3.14. The Morgan fingerprint density at radius 1 is 0.568 bits per heavy atom. The summed E-state index contributed by atoms with van der Waals surface area (Å²) in [5, 5.41) is 5.81. The molecule has 0 aliphatic rings. The maximum Gasteiger partial charge on any atom is 0.0361 e. The number of hydrogen-bond acceptors (Lipinski definition) is 4. The molecule has 2 aromatic heterocycles. The van der Waals surface area contributed by atoms with Crippen molar-refractivity contribution in [2.24, 2.45) is 0 Å². The first-order chi connectivity index (χ1) is 17.9. The summed E-state index contributed by atoms with van der Waals surface area (Å²) in [6.07, 6.45) is 0. The van der Waals surface area contributed by atoms with E-state index in [1.165, 1.54) is 57.9 Å². The highest BCUT2D eigenvalue weighted by Crippen LogP contribution is 2.35. The van der Waals surface area contributed by atoms with Gasteiger partial charge in [0.1, 0.15) is 0 Å². The van der Waals surface area contributed by atoms with Crippen LogP contribution in [0.2, 0.25) is 0 Å². The molecule has 0 spiro atoms. The third-order valence-electron chi connectivity index (χ3n) is 6.48. The van der Waals surface area contributed by atoms with Gasteiger partial charge >= 0.3 is 0 Å². The number of nitrogens with zero attached hydrogens (tertiary/aromatic N) is 1. The fourth-order valence-electron chi connectivity index (χ4n) is 4.29. The van der Waals surface area contributed by atoms with Gasteiger partial charge in [-0.25, -0.2) is 0 Å². The quantitative estimate of drug-likeness (QED) is 0.249. The molecule has 0 fully saturated rings. The maximum atomic E-state index is 3.14. The second kappa shape index (κ2) is 10.8. The number of aryl methyl sites for hydroxylation is 2. The lowest BCUT2D eigenvalue weighted by molar-refractivity contribution is 1.13. The molecule has 186 valence electrons. The Morgan fingerprint density at radius 3 is 1.46 bits per heavy atom. The van der Waals surface area contributed by atoms with Crippen LogP contribution >= 0.6 is 22.7 Å². The molecule has 0 unspecified atom stereocenters.